The lowest BCUT2D eigenvalue weighted by molar-refractivity contribution is -0.119. The fourth-order valence-corrected chi connectivity index (χ4v) is 3.15. The molecular weight excluding hydrogens is 302 g/mol. The number of primary amides is 1. The summed E-state index contributed by atoms with van der Waals surface area (Å²) < 4.78 is 1.85. The molecule has 6 nitrogen and oxygen atoms in total. The van der Waals surface area contributed by atoms with Crippen LogP contribution in [-0.2, 0) is 17.8 Å². The number of benzene rings is 1. The maximum atomic E-state index is 11.8. The normalized spacial score (nSPS) is 16.2. The van der Waals surface area contributed by atoms with Gasteiger partial charge in [0, 0.05) is 37.2 Å². The molecule has 1 atom stereocenters. The first-order chi connectivity index (χ1) is 11.7. The van der Waals surface area contributed by atoms with Crippen molar-refractivity contribution in [2.75, 3.05) is 4.90 Å². The van der Waals surface area contributed by atoms with Crippen LogP contribution in [0, 0.1) is 0 Å². The van der Waals surface area contributed by atoms with Crippen molar-refractivity contribution in [2.24, 2.45) is 5.73 Å². The van der Waals surface area contributed by atoms with Crippen LogP contribution in [-0.4, -0.2) is 26.5 Å². The summed E-state index contributed by atoms with van der Waals surface area (Å²) in [6.07, 6.45) is 7.76. The van der Waals surface area contributed by atoms with E-state index in [0.29, 0.717) is 13.0 Å². The van der Waals surface area contributed by atoms with Crippen LogP contribution in [0.2, 0.25) is 0 Å². The van der Waals surface area contributed by atoms with Gasteiger partial charge in [-0.1, -0.05) is 24.3 Å². The second kappa shape index (κ2) is 5.81. The molecule has 2 N–H and O–H groups in total. The Morgan fingerprint density at radius 2 is 2.12 bits per heavy atom. The molecule has 3 aromatic rings. The molecule has 0 aliphatic carbocycles. The number of hydrogen-bond donors (Lipinski definition) is 1. The van der Waals surface area contributed by atoms with Gasteiger partial charge in [0.05, 0.1) is 0 Å². The summed E-state index contributed by atoms with van der Waals surface area (Å²) in [5.41, 5.74) is 8.86. The smallest absolute Gasteiger partial charge is 0.240 e. The SMILES string of the molecule is NC(=O)[C@@H]1Cc2ccccc2N1Cc1ccc(-n2ccnc2)nc1. The van der Waals surface area contributed by atoms with Gasteiger partial charge in [0.2, 0.25) is 5.91 Å². The molecule has 3 heterocycles. The van der Waals surface area contributed by atoms with E-state index in [1.165, 1.54) is 0 Å². The van der Waals surface area contributed by atoms with E-state index in [1.807, 2.05) is 53.4 Å². The summed E-state index contributed by atoms with van der Waals surface area (Å²) in [6.45, 7) is 0.599. The van der Waals surface area contributed by atoms with Gasteiger partial charge in [-0.3, -0.25) is 9.36 Å². The highest BCUT2D eigenvalue weighted by Crippen LogP contribution is 2.33. The zero-order valence-corrected chi connectivity index (χ0v) is 13.0. The van der Waals surface area contributed by atoms with E-state index in [1.54, 1.807) is 12.5 Å². The van der Waals surface area contributed by atoms with E-state index in [9.17, 15) is 4.79 Å². The number of anilines is 1. The number of imidazole rings is 1. The van der Waals surface area contributed by atoms with E-state index in [0.717, 1.165) is 22.6 Å². The molecule has 1 aliphatic heterocycles. The Bertz CT molecular complexity index is 857. The highest BCUT2D eigenvalue weighted by molar-refractivity contribution is 5.86. The first-order valence-electron chi connectivity index (χ1n) is 7.79. The van der Waals surface area contributed by atoms with Gasteiger partial charge < -0.3 is 10.6 Å². The van der Waals surface area contributed by atoms with Gasteiger partial charge >= 0.3 is 0 Å². The zero-order chi connectivity index (χ0) is 16.5. The highest BCUT2D eigenvalue weighted by atomic mass is 16.1. The number of nitrogens with zero attached hydrogens (tertiary/aromatic N) is 4. The highest BCUT2D eigenvalue weighted by Gasteiger charge is 2.32. The van der Waals surface area contributed by atoms with Crippen molar-refractivity contribution >= 4 is 11.6 Å². The number of carbonyl (C=O) groups is 1. The Labute approximate surface area is 139 Å². The molecule has 0 spiro atoms. The van der Waals surface area contributed by atoms with Gasteiger partial charge in [-0.05, 0) is 23.3 Å². The Morgan fingerprint density at radius 3 is 2.83 bits per heavy atom. The van der Waals surface area contributed by atoms with E-state index < -0.39 is 0 Å². The molecule has 1 aromatic carbocycles. The van der Waals surface area contributed by atoms with Crippen molar-refractivity contribution in [1.29, 1.82) is 0 Å². The summed E-state index contributed by atoms with van der Waals surface area (Å²) in [7, 11) is 0. The first-order valence-corrected chi connectivity index (χ1v) is 7.79. The predicted molar refractivity (Wildman–Crippen MR) is 90.7 cm³/mol. The molecule has 6 heteroatoms. The number of para-hydroxylation sites is 1. The second-order valence-electron chi connectivity index (χ2n) is 5.87. The number of fused-ring (bicyclic) bond motifs is 1. The average molecular weight is 319 g/mol. The first kappa shape index (κ1) is 14.4. The number of pyridine rings is 1. The van der Waals surface area contributed by atoms with E-state index in [2.05, 4.69) is 14.9 Å². The van der Waals surface area contributed by atoms with Crippen molar-refractivity contribution in [2.45, 2.75) is 19.0 Å². The molecule has 0 saturated heterocycles. The van der Waals surface area contributed by atoms with Crippen LogP contribution in [0.25, 0.3) is 5.82 Å². The molecule has 0 bridgehead atoms. The number of rotatable bonds is 4. The minimum absolute atomic E-state index is 0.297. The summed E-state index contributed by atoms with van der Waals surface area (Å²) >= 11 is 0. The van der Waals surface area contributed by atoms with Crippen molar-refractivity contribution < 1.29 is 4.79 Å². The fourth-order valence-electron chi connectivity index (χ4n) is 3.15. The molecule has 0 saturated carbocycles. The molecule has 0 fully saturated rings. The summed E-state index contributed by atoms with van der Waals surface area (Å²) in [6, 6.07) is 11.7. The standard InChI is InChI=1S/C18H17N5O/c19-18(24)16-9-14-3-1-2-4-15(14)23(16)11-13-5-6-17(21-10-13)22-8-7-20-12-22/h1-8,10,12,16H,9,11H2,(H2,19,24)/t16-/m0/s1. The van der Waals surface area contributed by atoms with Crippen LogP contribution in [0.1, 0.15) is 11.1 Å². The number of amides is 1. The Hall–Kier alpha value is -3.15. The lowest BCUT2D eigenvalue weighted by Gasteiger charge is -2.25. The summed E-state index contributed by atoms with van der Waals surface area (Å²) in [5, 5.41) is 0. The molecule has 1 aliphatic rings. The van der Waals surface area contributed by atoms with Crippen LogP contribution in [0.15, 0.2) is 61.3 Å². The zero-order valence-electron chi connectivity index (χ0n) is 13.0. The monoisotopic (exact) mass is 319 g/mol. The third kappa shape index (κ3) is 2.52. The maximum absolute atomic E-state index is 11.8. The Kier molecular flexibility index (Phi) is 3.49. The van der Waals surface area contributed by atoms with Crippen molar-refractivity contribution in [3.8, 4) is 5.82 Å². The average Bonchev–Trinajstić information content (AvgIpc) is 3.24. The van der Waals surface area contributed by atoms with Gasteiger partial charge in [0.1, 0.15) is 18.2 Å². The summed E-state index contributed by atoms with van der Waals surface area (Å²) in [4.78, 5) is 22.4. The number of aromatic nitrogens is 3. The third-order valence-corrected chi connectivity index (χ3v) is 4.35. The third-order valence-electron chi connectivity index (χ3n) is 4.35. The van der Waals surface area contributed by atoms with Crippen molar-refractivity contribution in [3.05, 3.63) is 72.4 Å². The molecule has 0 unspecified atom stereocenters. The van der Waals surface area contributed by atoms with E-state index in [-0.39, 0.29) is 11.9 Å². The lowest BCUT2D eigenvalue weighted by atomic mass is 10.1. The molecule has 2 aromatic heterocycles. The number of carbonyl (C=O) groups excluding carboxylic acids is 1. The van der Waals surface area contributed by atoms with Crippen LogP contribution in [0.4, 0.5) is 5.69 Å². The van der Waals surface area contributed by atoms with Crippen molar-refractivity contribution in [3.63, 3.8) is 0 Å². The van der Waals surface area contributed by atoms with Crippen LogP contribution < -0.4 is 10.6 Å². The van der Waals surface area contributed by atoms with Crippen LogP contribution in [0.5, 0.6) is 0 Å². The Morgan fingerprint density at radius 1 is 1.25 bits per heavy atom. The van der Waals surface area contributed by atoms with E-state index >= 15 is 0 Å². The predicted octanol–water partition coefficient (Wildman–Crippen LogP) is 1.68. The van der Waals surface area contributed by atoms with Gasteiger partial charge in [-0.2, -0.15) is 0 Å². The van der Waals surface area contributed by atoms with Crippen molar-refractivity contribution in [1.82, 2.24) is 14.5 Å². The minimum atomic E-state index is -0.310. The number of hydrogen-bond acceptors (Lipinski definition) is 4. The Balaban J connectivity index is 1.60. The fraction of sp³-hybridized carbons (Fsp3) is 0.167. The molecule has 0 radical (unpaired) electrons. The van der Waals surface area contributed by atoms with Gasteiger partial charge in [-0.25, -0.2) is 9.97 Å². The molecule has 1 amide bonds. The molecule has 4 rings (SSSR count). The van der Waals surface area contributed by atoms with Crippen LogP contribution >= 0.6 is 0 Å². The maximum Gasteiger partial charge on any atom is 0.240 e. The topological polar surface area (TPSA) is 77.0 Å². The van der Waals surface area contributed by atoms with Crippen LogP contribution in [0.3, 0.4) is 0 Å². The van der Waals surface area contributed by atoms with Gasteiger partial charge in [-0.15, -0.1) is 0 Å². The number of nitrogens with two attached hydrogens (primary N) is 1. The molecular formula is C18H17N5O. The molecule has 120 valence electrons. The lowest BCUT2D eigenvalue weighted by Crippen LogP contribution is -2.42. The summed E-state index contributed by atoms with van der Waals surface area (Å²) in [5.74, 6) is 0.513. The quantitative estimate of drug-likeness (QED) is 0.794. The largest absolute Gasteiger partial charge is 0.368 e. The molecule has 24 heavy (non-hydrogen) atoms. The second-order valence-corrected chi connectivity index (χ2v) is 5.87. The minimum Gasteiger partial charge on any atom is -0.368 e. The van der Waals surface area contributed by atoms with Gasteiger partial charge in [0.25, 0.3) is 0 Å². The van der Waals surface area contributed by atoms with E-state index in [4.69, 9.17) is 5.73 Å². The van der Waals surface area contributed by atoms with Gasteiger partial charge in [0.15, 0.2) is 0 Å².